The topological polar surface area (TPSA) is 36.1 Å². The summed E-state index contributed by atoms with van der Waals surface area (Å²) in [4.78, 5) is 16.4. The lowest BCUT2D eigenvalue weighted by Crippen LogP contribution is -2.36. The van der Waals surface area contributed by atoms with Crippen molar-refractivity contribution in [1.29, 1.82) is 0 Å². The maximum Gasteiger partial charge on any atom is 0.247 e. The molecule has 1 atom stereocenters. The van der Waals surface area contributed by atoms with Gasteiger partial charge in [-0.1, -0.05) is 26.3 Å². The monoisotopic (exact) mass is 234 g/mol. The molecule has 1 unspecified atom stereocenters. The van der Waals surface area contributed by atoms with Crippen LogP contribution >= 0.6 is 0 Å². The Labute approximate surface area is 103 Å². The van der Waals surface area contributed by atoms with Crippen LogP contribution in [-0.4, -0.2) is 23.0 Å². The summed E-state index contributed by atoms with van der Waals surface area (Å²) in [6.07, 6.45) is 5.68. The Morgan fingerprint density at radius 1 is 1.41 bits per heavy atom. The minimum Gasteiger partial charge on any atom is -0.329 e. The minimum atomic E-state index is -0.0139. The molecule has 1 saturated heterocycles. The third-order valence-corrected chi connectivity index (χ3v) is 3.41. The average molecular weight is 234 g/mol. The first-order chi connectivity index (χ1) is 8.16. The molecule has 3 heteroatoms. The van der Waals surface area contributed by atoms with Gasteiger partial charge in [-0.15, -0.1) is 0 Å². The molecule has 94 valence electrons. The van der Waals surface area contributed by atoms with Gasteiger partial charge in [-0.3, -0.25) is 9.69 Å². The maximum absolute atomic E-state index is 11.1. The Hall–Kier alpha value is -1.09. The van der Waals surface area contributed by atoms with E-state index in [2.05, 4.69) is 23.7 Å². The van der Waals surface area contributed by atoms with Gasteiger partial charge in [-0.05, 0) is 30.9 Å². The molecular formula is C14H22N2O. The zero-order chi connectivity index (χ0) is 12.3. The molecule has 0 amide bonds. The molecule has 1 aromatic heterocycles. The summed E-state index contributed by atoms with van der Waals surface area (Å²) in [5.41, 5.74) is 1.24. The lowest BCUT2D eigenvalue weighted by Gasteiger charge is -2.37. The SMILES string of the molecule is CC(C)CN1CCCCC1c1ccc(=O)[nH]c1. The van der Waals surface area contributed by atoms with Crippen LogP contribution in [0.1, 0.15) is 44.7 Å². The normalized spacial score (nSPS) is 21.9. The first-order valence-corrected chi connectivity index (χ1v) is 6.59. The molecule has 0 saturated carbocycles. The number of aromatic amines is 1. The van der Waals surface area contributed by atoms with Crippen molar-refractivity contribution >= 4 is 0 Å². The second kappa shape index (κ2) is 5.50. The van der Waals surface area contributed by atoms with E-state index in [0.717, 1.165) is 6.54 Å². The lowest BCUT2D eigenvalue weighted by atomic mass is 9.95. The zero-order valence-electron chi connectivity index (χ0n) is 10.8. The van der Waals surface area contributed by atoms with Crippen LogP contribution in [0.2, 0.25) is 0 Å². The van der Waals surface area contributed by atoms with E-state index >= 15 is 0 Å². The highest BCUT2D eigenvalue weighted by Crippen LogP contribution is 2.30. The third kappa shape index (κ3) is 3.19. The van der Waals surface area contributed by atoms with Gasteiger partial charge in [0.1, 0.15) is 0 Å². The van der Waals surface area contributed by atoms with Gasteiger partial charge in [0, 0.05) is 24.8 Å². The predicted molar refractivity (Wildman–Crippen MR) is 70.1 cm³/mol. The Morgan fingerprint density at radius 2 is 2.24 bits per heavy atom. The molecule has 0 spiro atoms. The number of rotatable bonds is 3. The van der Waals surface area contributed by atoms with E-state index in [-0.39, 0.29) is 5.56 Å². The Bertz CT molecular complexity index is 390. The van der Waals surface area contributed by atoms with Crippen molar-refractivity contribution in [3.05, 3.63) is 34.2 Å². The summed E-state index contributed by atoms with van der Waals surface area (Å²) in [6.45, 7) is 6.85. The fraction of sp³-hybridized carbons (Fsp3) is 0.643. The number of nitrogens with zero attached hydrogens (tertiary/aromatic N) is 1. The number of likely N-dealkylation sites (tertiary alicyclic amines) is 1. The molecule has 3 nitrogen and oxygen atoms in total. The number of hydrogen-bond donors (Lipinski definition) is 1. The van der Waals surface area contributed by atoms with E-state index in [1.807, 2.05) is 12.3 Å². The Kier molecular flexibility index (Phi) is 4.00. The predicted octanol–water partition coefficient (Wildman–Crippen LogP) is 2.56. The summed E-state index contributed by atoms with van der Waals surface area (Å²) >= 11 is 0. The Morgan fingerprint density at radius 3 is 2.88 bits per heavy atom. The van der Waals surface area contributed by atoms with Crippen LogP contribution in [0.4, 0.5) is 0 Å². The van der Waals surface area contributed by atoms with E-state index in [0.29, 0.717) is 12.0 Å². The van der Waals surface area contributed by atoms with Crippen molar-refractivity contribution in [2.75, 3.05) is 13.1 Å². The number of hydrogen-bond acceptors (Lipinski definition) is 2. The van der Waals surface area contributed by atoms with E-state index in [1.165, 1.54) is 31.4 Å². The molecule has 1 N–H and O–H groups in total. The molecular weight excluding hydrogens is 212 g/mol. The van der Waals surface area contributed by atoms with Crippen molar-refractivity contribution in [2.45, 2.75) is 39.2 Å². The molecule has 1 fully saturated rings. The smallest absolute Gasteiger partial charge is 0.247 e. The van der Waals surface area contributed by atoms with Crippen molar-refractivity contribution in [3.63, 3.8) is 0 Å². The Balaban J connectivity index is 2.15. The van der Waals surface area contributed by atoms with Crippen LogP contribution in [0.5, 0.6) is 0 Å². The van der Waals surface area contributed by atoms with Crippen molar-refractivity contribution < 1.29 is 0 Å². The number of pyridine rings is 1. The van der Waals surface area contributed by atoms with Crippen LogP contribution in [0.15, 0.2) is 23.1 Å². The largest absolute Gasteiger partial charge is 0.329 e. The second-order valence-electron chi connectivity index (χ2n) is 5.39. The molecule has 1 aliphatic heterocycles. The molecule has 0 radical (unpaired) electrons. The molecule has 1 aliphatic rings. The second-order valence-corrected chi connectivity index (χ2v) is 5.39. The number of H-pyrrole nitrogens is 1. The average Bonchev–Trinajstić information content (AvgIpc) is 2.30. The van der Waals surface area contributed by atoms with Crippen LogP contribution in [0.25, 0.3) is 0 Å². The summed E-state index contributed by atoms with van der Waals surface area (Å²) in [7, 11) is 0. The standard InChI is InChI=1S/C14H22N2O/c1-11(2)10-16-8-4-3-5-13(16)12-6-7-14(17)15-9-12/h6-7,9,11,13H,3-5,8,10H2,1-2H3,(H,15,17). The first-order valence-electron chi connectivity index (χ1n) is 6.59. The highest BCUT2D eigenvalue weighted by molar-refractivity contribution is 5.14. The highest BCUT2D eigenvalue weighted by Gasteiger charge is 2.24. The molecule has 2 heterocycles. The number of piperidine rings is 1. The van der Waals surface area contributed by atoms with Gasteiger partial charge in [0.15, 0.2) is 0 Å². The number of nitrogens with one attached hydrogen (secondary N) is 1. The van der Waals surface area contributed by atoms with Crippen molar-refractivity contribution in [1.82, 2.24) is 9.88 Å². The molecule has 0 aromatic carbocycles. The molecule has 1 aromatic rings. The van der Waals surface area contributed by atoms with Gasteiger partial charge in [0.05, 0.1) is 0 Å². The van der Waals surface area contributed by atoms with Crippen molar-refractivity contribution in [3.8, 4) is 0 Å². The van der Waals surface area contributed by atoms with Gasteiger partial charge >= 0.3 is 0 Å². The zero-order valence-corrected chi connectivity index (χ0v) is 10.8. The van der Waals surface area contributed by atoms with Crippen LogP contribution < -0.4 is 5.56 Å². The van der Waals surface area contributed by atoms with Crippen LogP contribution in [-0.2, 0) is 0 Å². The van der Waals surface area contributed by atoms with Crippen LogP contribution in [0.3, 0.4) is 0 Å². The van der Waals surface area contributed by atoms with Gasteiger partial charge in [-0.2, -0.15) is 0 Å². The van der Waals surface area contributed by atoms with Gasteiger partial charge in [0.2, 0.25) is 5.56 Å². The highest BCUT2D eigenvalue weighted by atomic mass is 16.1. The van der Waals surface area contributed by atoms with Gasteiger partial charge in [0.25, 0.3) is 0 Å². The van der Waals surface area contributed by atoms with E-state index in [4.69, 9.17) is 0 Å². The van der Waals surface area contributed by atoms with E-state index in [1.54, 1.807) is 6.07 Å². The molecule has 2 rings (SSSR count). The van der Waals surface area contributed by atoms with Gasteiger partial charge < -0.3 is 4.98 Å². The quantitative estimate of drug-likeness (QED) is 0.872. The summed E-state index contributed by atoms with van der Waals surface area (Å²) in [6, 6.07) is 4.10. The fourth-order valence-electron chi connectivity index (χ4n) is 2.69. The van der Waals surface area contributed by atoms with Gasteiger partial charge in [-0.25, -0.2) is 0 Å². The number of aromatic nitrogens is 1. The van der Waals surface area contributed by atoms with Crippen LogP contribution in [0, 0.1) is 5.92 Å². The molecule has 0 aliphatic carbocycles. The van der Waals surface area contributed by atoms with E-state index in [9.17, 15) is 4.79 Å². The summed E-state index contributed by atoms with van der Waals surface area (Å²) in [5.74, 6) is 0.693. The van der Waals surface area contributed by atoms with E-state index < -0.39 is 0 Å². The maximum atomic E-state index is 11.1. The third-order valence-electron chi connectivity index (χ3n) is 3.41. The first kappa shape index (κ1) is 12.4. The fourth-order valence-corrected chi connectivity index (χ4v) is 2.69. The minimum absolute atomic E-state index is 0.0139. The van der Waals surface area contributed by atoms with Crippen molar-refractivity contribution in [2.24, 2.45) is 5.92 Å². The molecule has 17 heavy (non-hydrogen) atoms. The lowest BCUT2D eigenvalue weighted by molar-refractivity contribution is 0.132. The summed E-state index contributed by atoms with van der Waals surface area (Å²) < 4.78 is 0. The molecule has 0 bridgehead atoms. The summed E-state index contributed by atoms with van der Waals surface area (Å²) in [5, 5.41) is 0.